The average molecular weight is 259 g/mol. The Morgan fingerprint density at radius 2 is 1.79 bits per heavy atom. The van der Waals surface area contributed by atoms with E-state index in [2.05, 4.69) is 9.97 Å². The highest BCUT2D eigenvalue weighted by molar-refractivity contribution is 5.37. The quantitative estimate of drug-likeness (QED) is 0.854. The summed E-state index contributed by atoms with van der Waals surface area (Å²) in [5.74, 6) is 3.37. The van der Waals surface area contributed by atoms with Crippen LogP contribution in [-0.4, -0.2) is 9.97 Å². The molecule has 1 aromatic rings. The number of nitrogens with one attached hydrogen (secondary N) is 1. The number of hydrogen-bond acceptors (Lipinski definition) is 3. The summed E-state index contributed by atoms with van der Waals surface area (Å²) in [6.45, 7) is 0. The highest BCUT2D eigenvalue weighted by atomic mass is 16.1. The van der Waals surface area contributed by atoms with Gasteiger partial charge in [0.05, 0.1) is 0 Å². The van der Waals surface area contributed by atoms with E-state index in [1.807, 2.05) is 0 Å². The second kappa shape index (κ2) is 3.84. The van der Waals surface area contributed by atoms with Gasteiger partial charge in [0.15, 0.2) is 0 Å². The predicted molar refractivity (Wildman–Crippen MR) is 73.6 cm³/mol. The van der Waals surface area contributed by atoms with Crippen molar-refractivity contribution in [3.05, 3.63) is 22.2 Å². The zero-order valence-electron chi connectivity index (χ0n) is 11.2. The van der Waals surface area contributed by atoms with Crippen molar-refractivity contribution in [2.45, 2.75) is 44.9 Å². The van der Waals surface area contributed by atoms with Crippen LogP contribution < -0.4 is 11.4 Å². The molecule has 0 aromatic carbocycles. The number of aromatic nitrogens is 2. The Labute approximate surface area is 112 Å². The Balaban J connectivity index is 1.64. The first-order valence-corrected chi connectivity index (χ1v) is 7.46. The topological polar surface area (TPSA) is 71.8 Å². The number of aromatic amines is 1. The molecule has 4 heteroatoms. The van der Waals surface area contributed by atoms with Gasteiger partial charge < -0.3 is 5.73 Å². The molecule has 4 fully saturated rings. The molecule has 1 aromatic heterocycles. The first kappa shape index (κ1) is 11.5. The highest BCUT2D eigenvalue weighted by Crippen LogP contribution is 2.61. The number of hydrogen-bond donors (Lipinski definition) is 2. The summed E-state index contributed by atoms with van der Waals surface area (Å²) in [6.07, 6.45) is 11.1. The SMILES string of the molecule is Nc1[nH]c(=O)ncc1CC12CC3CC(CC(C3)C1)C2. The molecule has 4 aliphatic carbocycles. The maximum atomic E-state index is 11.2. The van der Waals surface area contributed by atoms with Crippen molar-refractivity contribution in [1.29, 1.82) is 0 Å². The molecule has 4 aliphatic rings. The lowest BCUT2D eigenvalue weighted by atomic mass is 9.48. The van der Waals surface area contributed by atoms with Gasteiger partial charge in [-0.1, -0.05) is 0 Å². The van der Waals surface area contributed by atoms with Crippen LogP contribution in [0.15, 0.2) is 11.0 Å². The van der Waals surface area contributed by atoms with Gasteiger partial charge in [0, 0.05) is 11.8 Å². The van der Waals surface area contributed by atoms with Gasteiger partial charge in [0.2, 0.25) is 0 Å². The first-order chi connectivity index (χ1) is 9.12. The molecule has 3 N–H and O–H groups in total. The molecular weight excluding hydrogens is 238 g/mol. The molecule has 4 saturated carbocycles. The second-order valence-electron chi connectivity index (χ2n) is 7.22. The maximum Gasteiger partial charge on any atom is 0.346 e. The first-order valence-electron chi connectivity index (χ1n) is 7.46. The van der Waals surface area contributed by atoms with Gasteiger partial charge in [-0.3, -0.25) is 4.98 Å². The van der Waals surface area contributed by atoms with E-state index in [-0.39, 0.29) is 5.69 Å². The summed E-state index contributed by atoms with van der Waals surface area (Å²) in [5.41, 5.74) is 7.10. The van der Waals surface area contributed by atoms with Crippen LogP contribution in [0.25, 0.3) is 0 Å². The average Bonchev–Trinajstić information content (AvgIpc) is 2.31. The fraction of sp³-hybridized carbons (Fsp3) is 0.733. The Kier molecular flexibility index (Phi) is 2.32. The lowest BCUT2D eigenvalue weighted by Crippen LogP contribution is -2.47. The molecule has 0 atom stereocenters. The molecule has 5 rings (SSSR count). The number of nitrogens with two attached hydrogens (primary N) is 1. The molecular formula is C15H21N3O. The van der Waals surface area contributed by atoms with Crippen molar-refractivity contribution < 1.29 is 0 Å². The molecule has 4 bridgehead atoms. The molecule has 4 nitrogen and oxygen atoms in total. The summed E-state index contributed by atoms with van der Waals surface area (Å²) in [4.78, 5) is 17.6. The van der Waals surface area contributed by atoms with E-state index in [0.717, 1.165) is 29.7 Å². The number of anilines is 1. The largest absolute Gasteiger partial charge is 0.385 e. The Hall–Kier alpha value is -1.32. The zero-order chi connectivity index (χ0) is 13.0. The standard InChI is InChI=1S/C15H21N3O/c16-13-12(8-17-14(19)18-13)7-15-4-9-1-10(5-15)3-11(2-9)6-15/h8-11H,1-7H2,(H3,16,17,18,19). The molecule has 0 aliphatic heterocycles. The van der Waals surface area contributed by atoms with Crippen molar-refractivity contribution in [3.8, 4) is 0 Å². The summed E-state index contributed by atoms with van der Waals surface area (Å²) >= 11 is 0. The van der Waals surface area contributed by atoms with E-state index >= 15 is 0 Å². The van der Waals surface area contributed by atoms with E-state index in [1.54, 1.807) is 6.20 Å². The minimum absolute atomic E-state index is 0.341. The highest BCUT2D eigenvalue weighted by Gasteiger charge is 2.50. The van der Waals surface area contributed by atoms with Gasteiger partial charge in [-0.2, -0.15) is 0 Å². The van der Waals surface area contributed by atoms with Crippen molar-refractivity contribution in [1.82, 2.24) is 9.97 Å². The Morgan fingerprint density at radius 3 is 2.32 bits per heavy atom. The van der Waals surface area contributed by atoms with E-state index in [1.165, 1.54) is 38.5 Å². The lowest BCUT2D eigenvalue weighted by molar-refractivity contribution is -0.0521. The summed E-state index contributed by atoms with van der Waals surface area (Å²) in [5, 5.41) is 0. The zero-order valence-corrected chi connectivity index (χ0v) is 11.2. The molecule has 0 saturated heterocycles. The maximum absolute atomic E-state index is 11.2. The van der Waals surface area contributed by atoms with Crippen molar-refractivity contribution >= 4 is 5.82 Å². The Bertz CT molecular complexity index is 527. The molecule has 0 unspecified atom stereocenters. The van der Waals surface area contributed by atoms with Gasteiger partial charge in [-0.25, -0.2) is 9.78 Å². The second-order valence-corrected chi connectivity index (χ2v) is 7.22. The fourth-order valence-corrected chi connectivity index (χ4v) is 5.49. The van der Waals surface area contributed by atoms with Crippen LogP contribution in [0.1, 0.15) is 44.1 Å². The molecule has 102 valence electrons. The van der Waals surface area contributed by atoms with E-state index in [4.69, 9.17) is 5.73 Å². The normalized spacial score (nSPS) is 39.7. The van der Waals surface area contributed by atoms with Crippen molar-refractivity contribution in [2.75, 3.05) is 5.73 Å². The van der Waals surface area contributed by atoms with Crippen LogP contribution >= 0.6 is 0 Å². The van der Waals surface area contributed by atoms with Crippen molar-refractivity contribution in [2.24, 2.45) is 23.2 Å². The van der Waals surface area contributed by atoms with Gasteiger partial charge in [-0.05, 0) is 68.1 Å². The van der Waals surface area contributed by atoms with Crippen LogP contribution in [0.2, 0.25) is 0 Å². The molecule has 0 spiro atoms. The summed E-state index contributed by atoms with van der Waals surface area (Å²) in [6, 6.07) is 0. The molecule has 1 heterocycles. The van der Waals surface area contributed by atoms with Gasteiger partial charge in [0.25, 0.3) is 0 Å². The predicted octanol–water partition coefficient (Wildman–Crippen LogP) is 2.11. The van der Waals surface area contributed by atoms with Crippen LogP contribution in [0.3, 0.4) is 0 Å². The van der Waals surface area contributed by atoms with E-state index < -0.39 is 0 Å². The van der Waals surface area contributed by atoms with Gasteiger partial charge >= 0.3 is 5.69 Å². The van der Waals surface area contributed by atoms with Crippen LogP contribution in [0.5, 0.6) is 0 Å². The van der Waals surface area contributed by atoms with Gasteiger partial charge in [0.1, 0.15) is 5.82 Å². The minimum Gasteiger partial charge on any atom is -0.385 e. The number of nitrogen functional groups attached to an aromatic ring is 1. The summed E-state index contributed by atoms with van der Waals surface area (Å²) < 4.78 is 0. The third-order valence-electron chi connectivity index (χ3n) is 5.66. The third kappa shape index (κ3) is 1.88. The number of rotatable bonds is 2. The molecule has 0 amide bonds. The van der Waals surface area contributed by atoms with Crippen molar-refractivity contribution in [3.63, 3.8) is 0 Å². The van der Waals surface area contributed by atoms with Crippen LogP contribution in [0.4, 0.5) is 5.82 Å². The van der Waals surface area contributed by atoms with E-state index in [0.29, 0.717) is 11.2 Å². The smallest absolute Gasteiger partial charge is 0.346 e. The van der Waals surface area contributed by atoms with Gasteiger partial charge in [-0.15, -0.1) is 0 Å². The minimum atomic E-state index is -0.341. The number of H-pyrrole nitrogens is 1. The molecule has 19 heavy (non-hydrogen) atoms. The van der Waals surface area contributed by atoms with E-state index in [9.17, 15) is 4.79 Å². The molecule has 0 radical (unpaired) electrons. The van der Waals surface area contributed by atoms with Crippen LogP contribution in [0, 0.1) is 23.2 Å². The third-order valence-corrected chi connectivity index (χ3v) is 5.66. The summed E-state index contributed by atoms with van der Waals surface area (Å²) in [7, 11) is 0. The monoisotopic (exact) mass is 259 g/mol. The fourth-order valence-electron chi connectivity index (χ4n) is 5.49. The van der Waals surface area contributed by atoms with Crippen LogP contribution in [-0.2, 0) is 6.42 Å². The number of nitrogens with zero attached hydrogens (tertiary/aromatic N) is 1. The lowest BCUT2D eigenvalue weighted by Gasteiger charge is -2.57. The Morgan fingerprint density at radius 1 is 1.21 bits per heavy atom.